The Morgan fingerprint density at radius 2 is 1.58 bits per heavy atom. The first-order chi connectivity index (χ1) is 12.7. The van der Waals surface area contributed by atoms with Crippen molar-refractivity contribution >= 4 is 11.6 Å². The van der Waals surface area contributed by atoms with Crippen molar-refractivity contribution in [3.63, 3.8) is 0 Å². The number of hydrogen-bond acceptors (Lipinski definition) is 5. The van der Waals surface area contributed by atoms with E-state index < -0.39 is 0 Å². The largest absolute Gasteiger partial charge is 0.356 e. The lowest BCUT2D eigenvalue weighted by molar-refractivity contribution is 0.312. The molecular formula is C21H31N5. The highest BCUT2D eigenvalue weighted by Gasteiger charge is 2.19. The van der Waals surface area contributed by atoms with Gasteiger partial charge in [-0.25, -0.2) is 9.97 Å². The highest BCUT2D eigenvalue weighted by Crippen LogP contribution is 2.25. The Kier molecular flexibility index (Phi) is 6.45. The van der Waals surface area contributed by atoms with E-state index >= 15 is 0 Å². The highest BCUT2D eigenvalue weighted by molar-refractivity contribution is 5.62. The van der Waals surface area contributed by atoms with Crippen LogP contribution >= 0.6 is 0 Å². The number of aromatic nitrogens is 2. The number of hydrogen-bond donors (Lipinski definition) is 0. The average Bonchev–Trinajstić information content (AvgIpc) is 2.69. The van der Waals surface area contributed by atoms with Gasteiger partial charge >= 0.3 is 0 Å². The van der Waals surface area contributed by atoms with Crippen molar-refractivity contribution in [1.82, 2.24) is 14.9 Å². The zero-order valence-corrected chi connectivity index (χ0v) is 16.4. The Balaban J connectivity index is 1.98. The maximum Gasteiger partial charge on any atom is 0.163 e. The van der Waals surface area contributed by atoms with Crippen molar-refractivity contribution in [3.8, 4) is 11.4 Å². The summed E-state index contributed by atoms with van der Waals surface area (Å²) >= 11 is 0. The van der Waals surface area contributed by atoms with Crippen LogP contribution in [0.5, 0.6) is 0 Å². The van der Waals surface area contributed by atoms with Gasteiger partial charge in [0.15, 0.2) is 5.82 Å². The molecule has 0 amide bonds. The van der Waals surface area contributed by atoms with Crippen LogP contribution in [-0.4, -0.2) is 61.2 Å². The van der Waals surface area contributed by atoms with Crippen LogP contribution in [0, 0.1) is 0 Å². The highest BCUT2D eigenvalue weighted by atomic mass is 15.3. The zero-order chi connectivity index (χ0) is 18.4. The molecule has 1 aromatic carbocycles. The second kappa shape index (κ2) is 8.99. The molecule has 1 saturated heterocycles. The summed E-state index contributed by atoms with van der Waals surface area (Å²) in [6.45, 7) is 10.7. The van der Waals surface area contributed by atoms with Gasteiger partial charge in [0.05, 0.1) is 0 Å². The molecule has 0 atom stereocenters. The molecule has 2 aromatic rings. The number of benzene rings is 1. The Morgan fingerprint density at radius 3 is 2.19 bits per heavy atom. The summed E-state index contributed by atoms with van der Waals surface area (Å²) in [5, 5.41) is 0. The lowest BCUT2D eigenvalue weighted by Crippen LogP contribution is -2.45. The molecule has 3 rings (SSSR count). The van der Waals surface area contributed by atoms with Gasteiger partial charge in [-0.2, -0.15) is 0 Å². The van der Waals surface area contributed by atoms with Gasteiger partial charge < -0.3 is 14.7 Å². The molecule has 0 saturated carbocycles. The lowest BCUT2D eigenvalue weighted by atomic mass is 10.2. The van der Waals surface area contributed by atoms with E-state index in [2.05, 4.69) is 65.9 Å². The van der Waals surface area contributed by atoms with Crippen LogP contribution in [0.2, 0.25) is 0 Å². The molecule has 1 aromatic heterocycles. The molecular weight excluding hydrogens is 322 g/mol. The Hall–Kier alpha value is -2.14. The fourth-order valence-electron chi connectivity index (χ4n) is 3.38. The normalized spacial score (nSPS) is 15.3. The van der Waals surface area contributed by atoms with Crippen molar-refractivity contribution < 1.29 is 0 Å². The minimum Gasteiger partial charge on any atom is -0.356 e. The van der Waals surface area contributed by atoms with Crippen molar-refractivity contribution in [3.05, 3.63) is 36.4 Å². The third-order valence-electron chi connectivity index (χ3n) is 4.87. The van der Waals surface area contributed by atoms with Crippen LogP contribution in [0.3, 0.4) is 0 Å². The molecule has 0 radical (unpaired) electrons. The van der Waals surface area contributed by atoms with Gasteiger partial charge in [-0.1, -0.05) is 44.2 Å². The van der Waals surface area contributed by atoms with Gasteiger partial charge in [0.2, 0.25) is 0 Å². The summed E-state index contributed by atoms with van der Waals surface area (Å²) < 4.78 is 0. The molecule has 0 spiro atoms. The quantitative estimate of drug-likeness (QED) is 0.761. The maximum absolute atomic E-state index is 4.93. The summed E-state index contributed by atoms with van der Waals surface area (Å²) in [6.07, 6.45) is 2.24. The Labute approximate surface area is 157 Å². The number of rotatable bonds is 7. The second-order valence-corrected chi connectivity index (χ2v) is 7.05. The molecule has 0 aliphatic carbocycles. The van der Waals surface area contributed by atoms with Gasteiger partial charge in [-0.05, 0) is 19.9 Å². The summed E-state index contributed by atoms with van der Waals surface area (Å²) in [5.41, 5.74) is 1.08. The monoisotopic (exact) mass is 353 g/mol. The van der Waals surface area contributed by atoms with Gasteiger partial charge in [0.1, 0.15) is 11.6 Å². The Bertz CT molecular complexity index is 674. The van der Waals surface area contributed by atoms with Crippen molar-refractivity contribution in [2.75, 3.05) is 56.1 Å². The molecule has 5 nitrogen and oxygen atoms in total. The van der Waals surface area contributed by atoms with E-state index in [1.807, 2.05) is 6.07 Å². The topological polar surface area (TPSA) is 35.5 Å². The maximum atomic E-state index is 4.93. The van der Waals surface area contributed by atoms with Crippen molar-refractivity contribution in [1.29, 1.82) is 0 Å². The minimum absolute atomic E-state index is 0.828. The van der Waals surface area contributed by atoms with E-state index in [1.165, 1.54) is 0 Å². The molecule has 140 valence electrons. The predicted molar refractivity (Wildman–Crippen MR) is 110 cm³/mol. The van der Waals surface area contributed by atoms with Gasteiger partial charge in [0, 0.05) is 50.9 Å². The van der Waals surface area contributed by atoms with Crippen molar-refractivity contribution in [2.45, 2.75) is 26.7 Å². The van der Waals surface area contributed by atoms with E-state index in [4.69, 9.17) is 9.97 Å². The molecule has 1 aliphatic rings. The first-order valence-corrected chi connectivity index (χ1v) is 9.84. The summed E-state index contributed by atoms with van der Waals surface area (Å²) in [4.78, 5) is 17.0. The fraction of sp³-hybridized carbons (Fsp3) is 0.524. The summed E-state index contributed by atoms with van der Waals surface area (Å²) in [7, 11) is 2.18. The first-order valence-electron chi connectivity index (χ1n) is 9.84. The molecule has 1 aliphatic heterocycles. The molecule has 5 heteroatoms. The predicted octanol–water partition coefficient (Wildman–Crippen LogP) is 3.52. The number of nitrogens with zero attached hydrogens (tertiary/aromatic N) is 5. The average molecular weight is 354 g/mol. The van der Waals surface area contributed by atoms with Gasteiger partial charge in [0.25, 0.3) is 0 Å². The minimum atomic E-state index is 0.828. The van der Waals surface area contributed by atoms with E-state index in [1.54, 1.807) is 0 Å². The third-order valence-corrected chi connectivity index (χ3v) is 4.87. The van der Waals surface area contributed by atoms with E-state index in [0.29, 0.717) is 0 Å². The fourth-order valence-corrected chi connectivity index (χ4v) is 3.38. The van der Waals surface area contributed by atoms with E-state index in [-0.39, 0.29) is 0 Å². The molecule has 26 heavy (non-hydrogen) atoms. The van der Waals surface area contributed by atoms with Crippen LogP contribution in [0.15, 0.2) is 36.4 Å². The summed E-state index contributed by atoms with van der Waals surface area (Å²) in [6, 6.07) is 12.5. The molecule has 0 bridgehead atoms. The third kappa shape index (κ3) is 4.52. The van der Waals surface area contributed by atoms with E-state index in [0.717, 1.165) is 75.1 Å². The Morgan fingerprint density at radius 1 is 0.923 bits per heavy atom. The van der Waals surface area contributed by atoms with Crippen LogP contribution in [0.4, 0.5) is 11.6 Å². The van der Waals surface area contributed by atoms with Gasteiger partial charge in [-0.15, -0.1) is 0 Å². The van der Waals surface area contributed by atoms with E-state index in [9.17, 15) is 0 Å². The number of piperazine rings is 1. The smallest absolute Gasteiger partial charge is 0.163 e. The van der Waals surface area contributed by atoms with Crippen LogP contribution in [0.1, 0.15) is 26.7 Å². The number of anilines is 2. The molecule has 2 heterocycles. The van der Waals surface area contributed by atoms with Crippen LogP contribution in [-0.2, 0) is 0 Å². The zero-order valence-electron chi connectivity index (χ0n) is 16.4. The van der Waals surface area contributed by atoms with Crippen LogP contribution < -0.4 is 9.80 Å². The lowest BCUT2D eigenvalue weighted by Gasteiger charge is -2.34. The number of likely N-dealkylation sites (N-methyl/N-ethyl adjacent to an activating group) is 1. The first kappa shape index (κ1) is 18.6. The second-order valence-electron chi connectivity index (χ2n) is 7.05. The SMILES string of the molecule is CCCN(CCC)c1cc(N2CCN(C)CC2)nc(-c2ccccc2)n1. The molecule has 0 unspecified atom stereocenters. The van der Waals surface area contributed by atoms with Crippen molar-refractivity contribution in [2.24, 2.45) is 0 Å². The molecule has 0 N–H and O–H groups in total. The summed E-state index contributed by atoms with van der Waals surface area (Å²) in [5.74, 6) is 2.94. The molecule has 1 fully saturated rings. The van der Waals surface area contributed by atoms with Crippen LogP contribution in [0.25, 0.3) is 11.4 Å². The van der Waals surface area contributed by atoms with Gasteiger partial charge in [-0.3, -0.25) is 0 Å². The standard InChI is InChI=1S/C21H31N5/c1-4-11-25(12-5-2)19-17-20(26-15-13-24(3)14-16-26)23-21(22-19)18-9-7-6-8-10-18/h6-10,17H,4-5,11-16H2,1-3H3.